The van der Waals surface area contributed by atoms with Crippen LogP contribution in [-0.2, 0) is 32.3 Å². The standard InChI is InChI=1S/C38H39N3O6/c1-40-11-9-24-18-32(43-3)33-19-28(24)30(40)15-23-13-29-37(45-21-39-29)34(16-23)46-27-7-5-22(6-8-27)14-31-35-25(10-12-41(31)2)17-26(20-42)36(44-4)38(35)47-33/h5-8,13,16-19,21,30-31,42H,9-12,14-15,20H2,1-4H3/t30-,31+/m1/s1. The summed E-state index contributed by atoms with van der Waals surface area (Å²) in [5, 5.41) is 10.4. The summed E-state index contributed by atoms with van der Waals surface area (Å²) < 4.78 is 31.3. The maximum absolute atomic E-state index is 10.4. The van der Waals surface area contributed by atoms with Gasteiger partial charge in [-0.25, -0.2) is 4.98 Å². The molecule has 5 aromatic rings. The predicted molar refractivity (Wildman–Crippen MR) is 178 cm³/mol. The van der Waals surface area contributed by atoms with Crippen molar-refractivity contribution in [3.8, 4) is 34.5 Å². The molecular formula is C38H39N3O6. The Balaban J connectivity index is 1.36. The Labute approximate surface area is 274 Å². The molecule has 9 nitrogen and oxygen atoms in total. The fraction of sp³-hybridized carbons (Fsp3) is 0.342. The molecule has 242 valence electrons. The summed E-state index contributed by atoms with van der Waals surface area (Å²) in [5.74, 6) is 3.85. The van der Waals surface area contributed by atoms with E-state index in [1.807, 2.05) is 12.1 Å². The number of aliphatic hydroxyl groups excluding tert-OH is 1. The Morgan fingerprint density at radius 2 is 1.60 bits per heavy atom. The van der Waals surface area contributed by atoms with Gasteiger partial charge in [0.2, 0.25) is 0 Å². The number of oxazole rings is 1. The summed E-state index contributed by atoms with van der Waals surface area (Å²) >= 11 is 0. The molecule has 5 heterocycles. The van der Waals surface area contributed by atoms with Crippen molar-refractivity contribution in [3.63, 3.8) is 0 Å². The summed E-state index contributed by atoms with van der Waals surface area (Å²) in [6, 6.07) is 18.8. The Bertz CT molecular complexity index is 1970. The fourth-order valence-electron chi connectivity index (χ4n) is 7.62. The first-order valence-electron chi connectivity index (χ1n) is 16.2. The number of benzene rings is 4. The van der Waals surface area contributed by atoms with Crippen LogP contribution in [0.5, 0.6) is 34.5 Å². The second-order valence-electron chi connectivity index (χ2n) is 12.9. The Hall–Kier alpha value is -4.57. The summed E-state index contributed by atoms with van der Waals surface area (Å²) in [6.07, 6.45) is 4.69. The molecule has 9 heteroatoms. The summed E-state index contributed by atoms with van der Waals surface area (Å²) in [7, 11) is 7.65. The van der Waals surface area contributed by atoms with Gasteiger partial charge in [0.25, 0.3) is 0 Å². The topological polar surface area (TPSA) is 89.7 Å². The highest BCUT2D eigenvalue weighted by Crippen LogP contribution is 2.50. The number of rotatable bonds is 3. The molecular weight excluding hydrogens is 594 g/mol. The highest BCUT2D eigenvalue weighted by molar-refractivity contribution is 5.80. The molecule has 0 radical (unpaired) electrons. The van der Waals surface area contributed by atoms with Gasteiger partial charge in [0.1, 0.15) is 11.3 Å². The van der Waals surface area contributed by atoms with E-state index in [0.717, 1.165) is 72.3 Å². The number of nitrogens with zero attached hydrogens (tertiary/aromatic N) is 3. The first-order chi connectivity index (χ1) is 22.9. The van der Waals surface area contributed by atoms with Gasteiger partial charge in [0.15, 0.2) is 40.7 Å². The molecule has 0 fully saturated rings. The second-order valence-corrected chi connectivity index (χ2v) is 12.9. The summed E-state index contributed by atoms with van der Waals surface area (Å²) in [5.41, 5.74) is 9.02. The highest BCUT2D eigenvalue weighted by Gasteiger charge is 2.34. The van der Waals surface area contributed by atoms with Crippen LogP contribution in [-0.4, -0.2) is 61.3 Å². The smallest absolute Gasteiger partial charge is 0.196 e. The monoisotopic (exact) mass is 633 g/mol. The lowest BCUT2D eigenvalue weighted by Gasteiger charge is -2.37. The third-order valence-corrected chi connectivity index (χ3v) is 10.1. The van der Waals surface area contributed by atoms with Crippen LogP contribution in [0.1, 0.15) is 51.0 Å². The molecule has 0 unspecified atom stereocenters. The van der Waals surface area contributed by atoms with Crippen molar-refractivity contribution in [2.24, 2.45) is 0 Å². The van der Waals surface area contributed by atoms with E-state index in [9.17, 15) is 5.11 Å². The Kier molecular flexibility index (Phi) is 7.55. The van der Waals surface area contributed by atoms with Gasteiger partial charge < -0.3 is 28.5 Å². The first kappa shape index (κ1) is 29.8. The van der Waals surface area contributed by atoms with Crippen molar-refractivity contribution in [2.45, 2.75) is 44.4 Å². The van der Waals surface area contributed by atoms with Gasteiger partial charge in [-0.15, -0.1) is 0 Å². The van der Waals surface area contributed by atoms with Crippen LogP contribution >= 0.6 is 0 Å². The molecule has 0 amide bonds. The SMILES string of the molecule is COc1cc2c3cc1Oc1c(OC)c(CO)cc4c1[C@H](Cc1ccc(cc1)Oc1cc(cc5ncoc15)C[C@H]3N(C)CC2)N(C)CC4. The maximum Gasteiger partial charge on any atom is 0.196 e. The minimum atomic E-state index is -0.152. The van der Waals surface area contributed by atoms with E-state index >= 15 is 0 Å². The van der Waals surface area contributed by atoms with E-state index in [-0.39, 0.29) is 18.7 Å². The van der Waals surface area contributed by atoms with Crippen LogP contribution in [0.4, 0.5) is 0 Å². The molecule has 2 atom stereocenters. The molecule has 0 spiro atoms. The van der Waals surface area contributed by atoms with Crippen molar-refractivity contribution in [2.75, 3.05) is 41.4 Å². The zero-order valence-electron chi connectivity index (χ0n) is 27.2. The van der Waals surface area contributed by atoms with Gasteiger partial charge in [0.05, 0.1) is 20.8 Å². The van der Waals surface area contributed by atoms with E-state index in [1.165, 1.54) is 17.5 Å². The molecule has 1 N–H and O–H groups in total. The van der Waals surface area contributed by atoms with E-state index in [1.54, 1.807) is 14.2 Å². The fourth-order valence-corrected chi connectivity index (χ4v) is 7.62. The number of hydrogen-bond donors (Lipinski definition) is 1. The average Bonchev–Trinajstić information content (AvgIpc) is 3.56. The van der Waals surface area contributed by atoms with Gasteiger partial charge in [-0.05, 0) is 110 Å². The number of ether oxygens (including phenoxy) is 4. The predicted octanol–water partition coefficient (Wildman–Crippen LogP) is 6.78. The number of aliphatic hydroxyl groups is 1. The number of likely N-dealkylation sites (N-methyl/N-ethyl adjacent to an activating group) is 2. The Morgan fingerprint density at radius 1 is 0.830 bits per heavy atom. The minimum Gasteiger partial charge on any atom is -0.493 e. The zero-order valence-corrected chi connectivity index (χ0v) is 27.2. The van der Waals surface area contributed by atoms with Crippen molar-refractivity contribution in [1.29, 1.82) is 0 Å². The van der Waals surface area contributed by atoms with Crippen molar-refractivity contribution in [1.82, 2.24) is 14.8 Å². The highest BCUT2D eigenvalue weighted by atomic mass is 16.5. The van der Waals surface area contributed by atoms with E-state index < -0.39 is 0 Å². The first-order valence-corrected chi connectivity index (χ1v) is 16.2. The lowest BCUT2D eigenvalue weighted by atomic mass is 9.86. The van der Waals surface area contributed by atoms with Gasteiger partial charge in [-0.3, -0.25) is 9.80 Å². The quantitative estimate of drug-likeness (QED) is 0.231. The molecule has 0 saturated heterocycles. The number of fused-ring (bicyclic) bond motifs is 3. The van der Waals surface area contributed by atoms with E-state index in [0.29, 0.717) is 39.9 Å². The lowest BCUT2D eigenvalue weighted by Crippen LogP contribution is -2.34. The molecule has 47 heavy (non-hydrogen) atoms. The van der Waals surface area contributed by atoms with Gasteiger partial charge in [-0.2, -0.15) is 0 Å². The summed E-state index contributed by atoms with van der Waals surface area (Å²) in [6.45, 7) is 1.65. The van der Waals surface area contributed by atoms with Crippen molar-refractivity contribution >= 4 is 11.1 Å². The molecule has 4 aliphatic rings. The van der Waals surface area contributed by atoms with Crippen molar-refractivity contribution < 1.29 is 28.5 Å². The van der Waals surface area contributed by atoms with Crippen LogP contribution in [0.15, 0.2) is 65.4 Å². The molecule has 1 aromatic heterocycles. The van der Waals surface area contributed by atoms with Crippen molar-refractivity contribution in [3.05, 3.63) is 99.9 Å². The minimum absolute atomic E-state index is 0.00838. The summed E-state index contributed by atoms with van der Waals surface area (Å²) in [4.78, 5) is 9.26. The molecule has 4 aliphatic heterocycles. The van der Waals surface area contributed by atoms with E-state index in [4.69, 9.17) is 23.4 Å². The lowest BCUT2D eigenvalue weighted by molar-refractivity contribution is 0.219. The number of aromatic nitrogens is 1. The van der Waals surface area contributed by atoms with Gasteiger partial charge in [0, 0.05) is 36.3 Å². The number of hydrogen-bond acceptors (Lipinski definition) is 9. The number of methoxy groups -OCH3 is 2. The molecule has 6 bridgehead atoms. The van der Waals surface area contributed by atoms with Gasteiger partial charge >= 0.3 is 0 Å². The van der Waals surface area contributed by atoms with Crippen LogP contribution in [0, 0.1) is 0 Å². The third-order valence-electron chi connectivity index (χ3n) is 10.1. The third kappa shape index (κ3) is 5.19. The largest absolute Gasteiger partial charge is 0.493 e. The molecule has 0 aliphatic carbocycles. The molecule has 0 saturated carbocycles. The second kappa shape index (κ2) is 11.9. The van der Waals surface area contributed by atoms with Crippen LogP contribution in [0.25, 0.3) is 11.1 Å². The Morgan fingerprint density at radius 3 is 2.36 bits per heavy atom. The normalized spacial score (nSPS) is 19.3. The average molecular weight is 634 g/mol. The van der Waals surface area contributed by atoms with Crippen LogP contribution in [0.3, 0.4) is 0 Å². The van der Waals surface area contributed by atoms with E-state index in [2.05, 4.69) is 71.3 Å². The van der Waals surface area contributed by atoms with Gasteiger partial charge in [-0.1, -0.05) is 12.1 Å². The molecule has 9 rings (SSSR count). The molecule has 4 aromatic carbocycles. The van der Waals surface area contributed by atoms with Crippen LogP contribution < -0.4 is 18.9 Å². The zero-order chi connectivity index (χ0) is 32.2. The maximum atomic E-state index is 10.4. The van der Waals surface area contributed by atoms with Crippen LogP contribution in [0.2, 0.25) is 0 Å².